The lowest BCUT2D eigenvalue weighted by Crippen LogP contribution is -2.53. The van der Waals surface area contributed by atoms with Crippen LogP contribution in [-0.4, -0.2) is 43.8 Å². The second-order valence-corrected chi connectivity index (χ2v) is 12.7. The number of carbonyl (C=O) groups is 2. The Kier molecular flexibility index (Phi) is 11.1. The van der Waals surface area contributed by atoms with Crippen LogP contribution in [0, 0.1) is 0 Å². The highest BCUT2D eigenvalue weighted by Crippen LogP contribution is 2.32. The zero-order chi connectivity index (χ0) is 29.6. The van der Waals surface area contributed by atoms with Crippen LogP contribution < -0.4 is 9.62 Å². The van der Waals surface area contributed by atoms with E-state index in [-0.39, 0.29) is 45.5 Å². The van der Waals surface area contributed by atoms with Crippen LogP contribution in [0.1, 0.15) is 32.8 Å². The number of rotatable bonds is 11. The van der Waals surface area contributed by atoms with Gasteiger partial charge >= 0.3 is 0 Å². The fourth-order valence-electron chi connectivity index (χ4n) is 4.04. The molecule has 0 aliphatic rings. The Morgan fingerprint density at radius 3 is 2.02 bits per heavy atom. The molecule has 1 atom stereocenters. The molecule has 0 bridgehead atoms. The van der Waals surface area contributed by atoms with Crippen molar-refractivity contribution in [2.24, 2.45) is 0 Å². The molecule has 0 aliphatic carbocycles. The van der Waals surface area contributed by atoms with Gasteiger partial charge in [-0.2, -0.15) is 0 Å². The second kappa shape index (κ2) is 13.9. The molecule has 3 aromatic carbocycles. The lowest BCUT2D eigenvalue weighted by atomic mass is 10.1. The largest absolute Gasteiger partial charge is 0.352 e. The highest BCUT2D eigenvalue weighted by atomic mass is 35.5. The first-order valence-electron chi connectivity index (χ1n) is 12.4. The van der Waals surface area contributed by atoms with E-state index in [1.165, 1.54) is 35.2 Å². The van der Waals surface area contributed by atoms with Gasteiger partial charge in [-0.05, 0) is 62.7 Å². The van der Waals surface area contributed by atoms with Crippen LogP contribution in [0.5, 0.6) is 0 Å². The third-order valence-electron chi connectivity index (χ3n) is 6.01. The molecule has 2 amide bonds. The van der Waals surface area contributed by atoms with Gasteiger partial charge in [-0.15, -0.1) is 0 Å². The Labute approximate surface area is 255 Å². The number of amides is 2. The Bertz CT molecular complexity index is 1450. The molecule has 0 saturated carbocycles. The number of hydrogen-bond donors (Lipinski definition) is 1. The van der Waals surface area contributed by atoms with E-state index >= 15 is 0 Å². The first-order chi connectivity index (χ1) is 18.9. The maximum atomic E-state index is 14.1. The number of nitrogens with one attached hydrogen (secondary N) is 1. The summed E-state index contributed by atoms with van der Waals surface area (Å²) in [5.41, 5.74) is 0.559. The molecule has 214 valence electrons. The molecule has 12 heteroatoms. The second-order valence-electron chi connectivity index (χ2n) is 9.23. The maximum absolute atomic E-state index is 14.1. The summed E-state index contributed by atoms with van der Waals surface area (Å²) in [5, 5.41) is 3.79. The van der Waals surface area contributed by atoms with Gasteiger partial charge in [-0.1, -0.05) is 77.6 Å². The number of halogens is 4. The van der Waals surface area contributed by atoms with Gasteiger partial charge in [0.05, 0.1) is 20.6 Å². The van der Waals surface area contributed by atoms with Crippen LogP contribution in [0.4, 0.5) is 5.69 Å². The fourth-order valence-corrected chi connectivity index (χ4v) is 6.28. The van der Waals surface area contributed by atoms with Gasteiger partial charge in [0.2, 0.25) is 11.8 Å². The molecule has 0 saturated heterocycles. The van der Waals surface area contributed by atoms with Crippen molar-refractivity contribution in [1.29, 1.82) is 0 Å². The summed E-state index contributed by atoms with van der Waals surface area (Å²) >= 11 is 25.2. The van der Waals surface area contributed by atoms with E-state index in [0.717, 1.165) is 4.31 Å². The van der Waals surface area contributed by atoms with E-state index in [1.807, 2.05) is 0 Å². The molecule has 40 heavy (non-hydrogen) atoms. The monoisotopic (exact) mass is 643 g/mol. The highest BCUT2D eigenvalue weighted by Gasteiger charge is 2.34. The van der Waals surface area contributed by atoms with Gasteiger partial charge in [0, 0.05) is 28.2 Å². The SMILES string of the molecule is CC[C@H](C(=O)NC(C)C)N(Cc1c(Cl)cccc1Cl)C(=O)CN(c1ccc(Cl)c(Cl)c1)S(=O)(=O)c1ccccc1. The Morgan fingerprint density at radius 1 is 0.850 bits per heavy atom. The predicted octanol–water partition coefficient (Wildman–Crippen LogP) is 6.83. The highest BCUT2D eigenvalue weighted by molar-refractivity contribution is 7.92. The Morgan fingerprint density at radius 2 is 1.48 bits per heavy atom. The first-order valence-corrected chi connectivity index (χ1v) is 15.4. The van der Waals surface area contributed by atoms with Crippen molar-refractivity contribution in [3.63, 3.8) is 0 Å². The zero-order valence-electron chi connectivity index (χ0n) is 22.1. The third-order valence-corrected chi connectivity index (χ3v) is 9.24. The number of anilines is 1. The van der Waals surface area contributed by atoms with Crippen LogP contribution in [-0.2, 0) is 26.2 Å². The summed E-state index contributed by atoms with van der Waals surface area (Å²) in [6.07, 6.45) is 0.255. The van der Waals surface area contributed by atoms with E-state index in [1.54, 1.807) is 57.2 Å². The van der Waals surface area contributed by atoms with Crippen LogP contribution in [0.2, 0.25) is 20.1 Å². The summed E-state index contributed by atoms with van der Waals surface area (Å²) in [6.45, 7) is 4.61. The zero-order valence-corrected chi connectivity index (χ0v) is 25.9. The van der Waals surface area contributed by atoms with Gasteiger partial charge in [-0.25, -0.2) is 8.42 Å². The van der Waals surface area contributed by atoms with E-state index in [9.17, 15) is 18.0 Å². The minimum atomic E-state index is -4.24. The smallest absolute Gasteiger partial charge is 0.264 e. The summed E-state index contributed by atoms with van der Waals surface area (Å²) in [7, 11) is -4.24. The Hall–Kier alpha value is -2.49. The molecule has 0 unspecified atom stereocenters. The number of carbonyl (C=O) groups excluding carboxylic acids is 2. The maximum Gasteiger partial charge on any atom is 0.264 e. The molecule has 0 fully saturated rings. The van der Waals surface area contributed by atoms with Crippen LogP contribution >= 0.6 is 46.4 Å². The minimum Gasteiger partial charge on any atom is -0.352 e. The molecule has 0 spiro atoms. The van der Waals surface area contributed by atoms with E-state index in [0.29, 0.717) is 15.6 Å². The van der Waals surface area contributed by atoms with Gasteiger partial charge in [0.1, 0.15) is 12.6 Å². The Balaban J connectivity index is 2.12. The average molecular weight is 645 g/mol. The van der Waals surface area contributed by atoms with Crippen molar-refractivity contribution in [3.8, 4) is 0 Å². The third kappa shape index (κ3) is 7.62. The standard InChI is InChI=1S/C28H29Cl4N3O4S/c1-4-26(28(37)33-18(2)3)34(16-21-22(29)11-8-12-23(21)30)27(36)17-35(19-13-14-24(31)25(32)15-19)40(38,39)20-9-6-5-7-10-20/h5-15,18,26H,4,16-17H2,1-3H3,(H,33,37)/t26-/m1/s1. The minimum absolute atomic E-state index is 0.0286. The summed E-state index contributed by atoms with van der Waals surface area (Å²) < 4.78 is 28.6. The first kappa shape index (κ1) is 32.0. The number of hydrogen-bond acceptors (Lipinski definition) is 4. The van der Waals surface area contributed by atoms with Crippen LogP contribution in [0.3, 0.4) is 0 Å². The molecule has 0 aliphatic heterocycles. The summed E-state index contributed by atoms with van der Waals surface area (Å²) in [4.78, 5) is 28.6. The molecule has 7 nitrogen and oxygen atoms in total. The molecule has 0 aromatic heterocycles. The molecule has 0 radical (unpaired) electrons. The molecule has 3 rings (SSSR count). The van der Waals surface area contributed by atoms with Gasteiger partial charge in [-0.3, -0.25) is 13.9 Å². The molecular formula is C28H29Cl4N3O4S. The summed E-state index contributed by atoms with van der Waals surface area (Å²) in [5.74, 6) is -1.03. The van der Waals surface area contributed by atoms with Crippen LogP contribution in [0.15, 0.2) is 71.6 Å². The molecule has 1 N–H and O–H groups in total. The van der Waals surface area contributed by atoms with Crippen molar-refractivity contribution >= 4 is 73.9 Å². The van der Waals surface area contributed by atoms with Gasteiger partial charge in [0.15, 0.2) is 0 Å². The van der Waals surface area contributed by atoms with Gasteiger partial charge in [0.25, 0.3) is 10.0 Å². The van der Waals surface area contributed by atoms with E-state index < -0.39 is 28.5 Å². The number of benzene rings is 3. The molecule has 3 aromatic rings. The molecular weight excluding hydrogens is 616 g/mol. The van der Waals surface area contributed by atoms with E-state index in [2.05, 4.69) is 5.32 Å². The number of nitrogens with zero attached hydrogens (tertiary/aromatic N) is 2. The van der Waals surface area contributed by atoms with Crippen molar-refractivity contribution in [2.45, 2.75) is 50.7 Å². The normalized spacial score (nSPS) is 12.2. The number of sulfonamides is 1. The van der Waals surface area contributed by atoms with Crippen molar-refractivity contribution in [3.05, 3.63) is 92.4 Å². The molecule has 0 heterocycles. The predicted molar refractivity (Wildman–Crippen MR) is 162 cm³/mol. The van der Waals surface area contributed by atoms with Crippen LogP contribution in [0.25, 0.3) is 0 Å². The van der Waals surface area contributed by atoms with Crippen molar-refractivity contribution in [2.75, 3.05) is 10.8 Å². The fraction of sp³-hybridized carbons (Fsp3) is 0.286. The topological polar surface area (TPSA) is 86.8 Å². The average Bonchev–Trinajstić information content (AvgIpc) is 2.90. The summed E-state index contributed by atoms with van der Waals surface area (Å²) in [6, 6.07) is 15.8. The van der Waals surface area contributed by atoms with Crippen molar-refractivity contribution < 1.29 is 18.0 Å². The lowest BCUT2D eigenvalue weighted by molar-refractivity contribution is -0.140. The van der Waals surface area contributed by atoms with Crippen molar-refractivity contribution in [1.82, 2.24) is 10.2 Å². The quantitative estimate of drug-likeness (QED) is 0.248. The van der Waals surface area contributed by atoms with Gasteiger partial charge < -0.3 is 10.2 Å². The van der Waals surface area contributed by atoms with E-state index in [4.69, 9.17) is 46.4 Å². The lowest BCUT2D eigenvalue weighted by Gasteiger charge is -2.34.